The van der Waals surface area contributed by atoms with E-state index in [4.69, 9.17) is 5.73 Å². The summed E-state index contributed by atoms with van der Waals surface area (Å²) in [5.74, 6) is -0.768. The summed E-state index contributed by atoms with van der Waals surface area (Å²) in [6.45, 7) is 0. The number of H-pyrrole nitrogens is 1. The maximum Gasteiger partial charge on any atom is 0.416 e. The molecule has 0 fully saturated rings. The van der Waals surface area contributed by atoms with Crippen LogP contribution < -0.4 is 11.1 Å². The summed E-state index contributed by atoms with van der Waals surface area (Å²) in [5.41, 5.74) is 7.31. The fraction of sp³-hybridized carbons (Fsp3) is 0.0952. The van der Waals surface area contributed by atoms with Gasteiger partial charge in [0.1, 0.15) is 0 Å². The molecule has 1 atom stereocenters. The third-order valence-corrected chi connectivity index (χ3v) is 5.24. The molecule has 0 aliphatic carbocycles. The van der Waals surface area contributed by atoms with Crippen LogP contribution >= 0.6 is 0 Å². The molecular weight excluding hydrogens is 395 g/mol. The van der Waals surface area contributed by atoms with Gasteiger partial charge in [-0.1, -0.05) is 36.4 Å². The molecule has 1 amide bonds. The van der Waals surface area contributed by atoms with E-state index in [-0.39, 0.29) is 11.3 Å². The first-order valence-electron chi connectivity index (χ1n) is 9.06. The number of aromatic amines is 1. The van der Waals surface area contributed by atoms with Gasteiger partial charge in [0.25, 0.3) is 5.91 Å². The first-order chi connectivity index (χ1) is 14.4. The van der Waals surface area contributed by atoms with Crippen LogP contribution in [0.2, 0.25) is 0 Å². The lowest BCUT2D eigenvalue weighted by Gasteiger charge is -2.23. The van der Waals surface area contributed by atoms with Gasteiger partial charge in [-0.2, -0.15) is 13.2 Å². The van der Waals surface area contributed by atoms with Crippen molar-refractivity contribution in [1.29, 1.82) is 0 Å². The molecule has 2 aromatic heterocycles. The van der Waals surface area contributed by atoms with Crippen molar-refractivity contribution in [1.82, 2.24) is 15.2 Å². The largest absolute Gasteiger partial charge is 0.416 e. The van der Waals surface area contributed by atoms with Gasteiger partial charge in [-0.3, -0.25) is 4.79 Å². The molecule has 4 N–H and O–H groups in total. The van der Waals surface area contributed by atoms with Gasteiger partial charge < -0.3 is 16.0 Å². The topological polar surface area (TPSA) is 96.7 Å². The minimum atomic E-state index is -4.53. The Morgan fingerprint density at radius 1 is 1.00 bits per heavy atom. The maximum absolute atomic E-state index is 13.8. The predicted molar refractivity (Wildman–Crippen MR) is 105 cm³/mol. The number of primary amides is 1. The normalized spacial score (nSPS) is 15.4. The van der Waals surface area contributed by atoms with Gasteiger partial charge in [0, 0.05) is 34.0 Å². The highest BCUT2D eigenvalue weighted by atomic mass is 19.4. The number of anilines is 1. The number of fused-ring (bicyclic) bond motifs is 2. The van der Waals surface area contributed by atoms with E-state index in [0.29, 0.717) is 33.4 Å². The summed E-state index contributed by atoms with van der Waals surface area (Å²) < 4.78 is 41.3. The smallest absolute Gasteiger partial charge is 0.374 e. The van der Waals surface area contributed by atoms with Crippen molar-refractivity contribution in [2.45, 2.75) is 12.2 Å². The predicted octanol–water partition coefficient (Wildman–Crippen LogP) is 4.26. The van der Waals surface area contributed by atoms with Gasteiger partial charge in [0.05, 0.1) is 11.6 Å². The van der Waals surface area contributed by atoms with Crippen molar-refractivity contribution >= 4 is 22.6 Å². The third kappa shape index (κ3) is 2.62. The number of carbonyl (C=O) groups is 1. The van der Waals surface area contributed by atoms with Crippen molar-refractivity contribution in [2.24, 2.45) is 5.73 Å². The molecule has 5 rings (SSSR count). The molecule has 1 aliphatic heterocycles. The highest BCUT2D eigenvalue weighted by Gasteiger charge is 2.37. The standard InChI is InChI=1S/C21H14F3N5O/c22-21(23,24)13-7-3-1-5-10(13)17-12-9-26-20-16(12)15(18(19(25)30)28-29-20)11-6-2-4-8-14(11)27-17/h1-9,17,27H,(H2,25,30)(H,26,29). The van der Waals surface area contributed by atoms with Gasteiger partial charge in [0.2, 0.25) is 0 Å². The summed E-state index contributed by atoms with van der Waals surface area (Å²) in [4.78, 5) is 15.0. The average Bonchev–Trinajstić information content (AvgIpc) is 3.08. The Kier molecular flexibility index (Phi) is 3.82. The number of alkyl halides is 3. The number of rotatable bonds is 2. The molecule has 30 heavy (non-hydrogen) atoms. The number of hydrogen-bond donors (Lipinski definition) is 3. The lowest BCUT2D eigenvalue weighted by molar-refractivity contribution is -0.138. The van der Waals surface area contributed by atoms with Crippen LogP contribution in [0.25, 0.3) is 22.2 Å². The highest BCUT2D eigenvalue weighted by molar-refractivity contribution is 6.10. The fourth-order valence-corrected chi connectivity index (χ4v) is 4.01. The van der Waals surface area contributed by atoms with Crippen molar-refractivity contribution in [2.75, 3.05) is 5.32 Å². The Labute approximate surface area is 167 Å². The molecule has 0 bridgehead atoms. The Morgan fingerprint density at radius 3 is 2.50 bits per heavy atom. The van der Waals surface area contributed by atoms with Crippen LogP contribution in [0, 0.1) is 0 Å². The van der Waals surface area contributed by atoms with Gasteiger partial charge in [-0.05, 0) is 17.7 Å². The van der Waals surface area contributed by atoms with Crippen LogP contribution in [0.15, 0.2) is 54.7 Å². The van der Waals surface area contributed by atoms with Crippen molar-refractivity contribution in [3.8, 4) is 11.1 Å². The van der Waals surface area contributed by atoms with E-state index in [1.165, 1.54) is 12.1 Å². The summed E-state index contributed by atoms with van der Waals surface area (Å²) in [5, 5.41) is 11.7. The van der Waals surface area contributed by atoms with Crippen LogP contribution in [0.3, 0.4) is 0 Å². The molecule has 2 aromatic carbocycles. The molecule has 4 aromatic rings. The molecule has 150 valence electrons. The van der Waals surface area contributed by atoms with Gasteiger partial charge in [-0.15, -0.1) is 10.2 Å². The van der Waals surface area contributed by atoms with E-state index in [0.717, 1.165) is 6.07 Å². The van der Waals surface area contributed by atoms with Gasteiger partial charge in [0.15, 0.2) is 11.3 Å². The summed E-state index contributed by atoms with van der Waals surface area (Å²) in [7, 11) is 0. The lowest BCUT2D eigenvalue weighted by atomic mass is 9.93. The molecule has 0 radical (unpaired) electrons. The second-order valence-electron chi connectivity index (χ2n) is 6.96. The second kappa shape index (κ2) is 6.31. The average molecular weight is 409 g/mol. The quantitative estimate of drug-likeness (QED) is 0.461. The lowest BCUT2D eigenvalue weighted by Crippen LogP contribution is -2.17. The Morgan fingerprint density at radius 2 is 1.73 bits per heavy atom. The SMILES string of the molecule is NC(=O)c1nnc2[nH]cc3c2c1-c1ccccc1NC3c1ccccc1C(F)(F)F. The van der Waals surface area contributed by atoms with Gasteiger partial charge >= 0.3 is 6.18 Å². The highest BCUT2D eigenvalue weighted by Crippen LogP contribution is 2.46. The second-order valence-corrected chi connectivity index (χ2v) is 6.96. The zero-order chi connectivity index (χ0) is 21.0. The molecule has 3 heterocycles. The van der Waals surface area contributed by atoms with E-state index in [2.05, 4.69) is 20.5 Å². The van der Waals surface area contributed by atoms with Crippen molar-refractivity contribution in [3.05, 3.63) is 77.1 Å². The van der Waals surface area contributed by atoms with E-state index in [1.807, 2.05) is 0 Å². The van der Waals surface area contributed by atoms with Crippen LogP contribution in [-0.2, 0) is 6.18 Å². The number of para-hydroxylation sites is 1. The van der Waals surface area contributed by atoms with E-state index in [1.54, 1.807) is 36.5 Å². The Bertz CT molecular complexity index is 1310. The van der Waals surface area contributed by atoms with Crippen LogP contribution in [-0.4, -0.2) is 21.1 Å². The number of nitrogens with one attached hydrogen (secondary N) is 2. The van der Waals surface area contributed by atoms with Crippen LogP contribution in [0.4, 0.5) is 18.9 Å². The fourth-order valence-electron chi connectivity index (χ4n) is 4.01. The summed E-state index contributed by atoms with van der Waals surface area (Å²) >= 11 is 0. The maximum atomic E-state index is 13.8. The number of carbonyl (C=O) groups excluding carboxylic acids is 1. The summed E-state index contributed by atoms with van der Waals surface area (Å²) in [6, 6.07) is 11.6. The van der Waals surface area contributed by atoms with E-state index in [9.17, 15) is 18.0 Å². The number of aromatic nitrogens is 3. The molecule has 1 aliphatic rings. The molecule has 6 nitrogen and oxygen atoms in total. The number of halogens is 3. The molecule has 1 unspecified atom stereocenters. The van der Waals surface area contributed by atoms with E-state index < -0.39 is 23.7 Å². The van der Waals surface area contributed by atoms with E-state index >= 15 is 0 Å². The zero-order valence-corrected chi connectivity index (χ0v) is 15.3. The third-order valence-electron chi connectivity index (χ3n) is 5.24. The molecule has 9 heteroatoms. The first kappa shape index (κ1) is 18.2. The van der Waals surface area contributed by atoms with Crippen LogP contribution in [0.1, 0.15) is 33.2 Å². The minimum absolute atomic E-state index is 0.0395. The molecule has 0 saturated carbocycles. The molecule has 0 spiro atoms. The number of nitrogens with two attached hydrogens (primary N) is 1. The van der Waals surface area contributed by atoms with Crippen molar-refractivity contribution < 1.29 is 18.0 Å². The minimum Gasteiger partial charge on any atom is -0.374 e. The monoisotopic (exact) mass is 409 g/mol. The number of benzene rings is 2. The summed E-state index contributed by atoms with van der Waals surface area (Å²) in [6.07, 6.45) is -2.94. The Hall–Kier alpha value is -3.88. The van der Waals surface area contributed by atoms with Crippen LogP contribution in [0.5, 0.6) is 0 Å². The zero-order valence-electron chi connectivity index (χ0n) is 15.3. The number of amides is 1. The molecule has 0 saturated heterocycles. The Balaban J connectivity index is 1.89. The first-order valence-corrected chi connectivity index (χ1v) is 9.06. The number of hydrogen-bond acceptors (Lipinski definition) is 4. The van der Waals surface area contributed by atoms with Crippen molar-refractivity contribution in [3.63, 3.8) is 0 Å². The number of nitrogens with zero attached hydrogens (tertiary/aromatic N) is 2. The van der Waals surface area contributed by atoms with Gasteiger partial charge in [-0.25, -0.2) is 0 Å². The molecular formula is C21H14F3N5O.